The highest BCUT2D eigenvalue weighted by molar-refractivity contribution is 7.90. The van der Waals surface area contributed by atoms with Gasteiger partial charge in [0.1, 0.15) is 0 Å². The Morgan fingerprint density at radius 1 is 1.07 bits per heavy atom. The molecule has 0 aliphatic heterocycles. The van der Waals surface area contributed by atoms with Crippen molar-refractivity contribution in [1.29, 1.82) is 0 Å². The zero-order valence-corrected chi connectivity index (χ0v) is 17.1. The van der Waals surface area contributed by atoms with Gasteiger partial charge in [0.15, 0.2) is 9.84 Å². The molecule has 1 aliphatic rings. The van der Waals surface area contributed by atoms with E-state index in [4.69, 9.17) is 5.73 Å². The summed E-state index contributed by atoms with van der Waals surface area (Å²) < 4.78 is 25.6. The number of rotatable bonds is 4. The number of carbonyl (C=O) groups excluding carboxylic acids is 1. The Morgan fingerprint density at radius 2 is 1.80 bits per heavy atom. The van der Waals surface area contributed by atoms with Gasteiger partial charge in [0, 0.05) is 35.8 Å². The van der Waals surface area contributed by atoms with Crippen molar-refractivity contribution < 1.29 is 13.2 Å². The molecule has 154 valence electrons. The molecule has 3 aromatic rings. The number of sulfone groups is 1. The predicted molar refractivity (Wildman–Crippen MR) is 113 cm³/mol. The lowest BCUT2D eigenvalue weighted by Crippen LogP contribution is -2.38. The normalized spacial score (nSPS) is 18.1. The number of nitrogens with two attached hydrogens (primary N) is 1. The van der Waals surface area contributed by atoms with Crippen molar-refractivity contribution in [3.05, 3.63) is 93.9 Å². The first kappa shape index (κ1) is 20.1. The van der Waals surface area contributed by atoms with Gasteiger partial charge in [-0.15, -0.1) is 0 Å². The molecule has 8 heteroatoms. The Morgan fingerprint density at radius 3 is 2.47 bits per heavy atom. The molecule has 2 aromatic carbocycles. The molecule has 1 heterocycles. The number of fused-ring (bicyclic) bond motifs is 1. The average molecular weight is 423 g/mol. The minimum absolute atomic E-state index is 0.162. The van der Waals surface area contributed by atoms with Crippen molar-refractivity contribution in [1.82, 2.24) is 9.88 Å². The molecular weight excluding hydrogens is 402 g/mol. The monoisotopic (exact) mass is 423 g/mol. The molecule has 1 aliphatic carbocycles. The summed E-state index contributed by atoms with van der Waals surface area (Å²) in [5.41, 5.74) is 8.54. The number of aromatic nitrogens is 1. The van der Waals surface area contributed by atoms with Gasteiger partial charge in [-0.3, -0.25) is 14.2 Å². The second-order valence-electron chi connectivity index (χ2n) is 7.37. The molecule has 2 atom stereocenters. The van der Waals surface area contributed by atoms with Gasteiger partial charge in [-0.2, -0.15) is 0 Å². The van der Waals surface area contributed by atoms with E-state index in [1.165, 1.54) is 16.9 Å². The molecule has 0 bridgehead atoms. The molecule has 0 fully saturated rings. The number of pyridine rings is 1. The van der Waals surface area contributed by atoms with Crippen molar-refractivity contribution in [3.8, 4) is 5.69 Å². The molecule has 30 heavy (non-hydrogen) atoms. The predicted octanol–water partition coefficient (Wildman–Crippen LogP) is 1.60. The van der Waals surface area contributed by atoms with Crippen LogP contribution in [0.2, 0.25) is 0 Å². The zero-order valence-electron chi connectivity index (χ0n) is 16.3. The fraction of sp³-hybridized carbons (Fsp3) is 0.182. The summed E-state index contributed by atoms with van der Waals surface area (Å²) in [6, 6.07) is 15.7. The molecule has 3 N–H and O–H groups in total. The Kier molecular flexibility index (Phi) is 5.05. The third-order valence-corrected chi connectivity index (χ3v) is 6.47. The average Bonchev–Trinajstić information content (AvgIpc) is 3.03. The molecule has 1 aromatic heterocycles. The third kappa shape index (κ3) is 3.67. The van der Waals surface area contributed by atoms with E-state index < -0.39 is 21.9 Å². The number of hydrogen-bond donors (Lipinski definition) is 2. The number of hydrogen-bond acceptors (Lipinski definition) is 5. The molecule has 4 rings (SSSR count). The van der Waals surface area contributed by atoms with E-state index in [1.54, 1.807) is 60.8 Å². The fourth-order valence-electron chi connectivity index (χ4n) is 3.85. The van der Waals surface area contributed by atoms with Crippen LogP contribution >= 0.6 is 0 Å². The maximum atomic E-state index is 12.8. The molecule has 0 spiro atoms. The second kappa shape index (κ2) is 7.55. The van der Waals surface area contributed by atoms with Crippen LogP contribution in [-0.4, -0.2) is 31.2 Å². The van der Waals surface area contributed by atoms with E-state index in [2.05, 4.69) is 5.32 Å². The van der Waals surface area contributed by atoms with Crippen LogP contribution in [-0.2, 0) is 16.3 Å². The topological polar surface area (TPSA) is 111 Å². The minimum atomic E-state index is -3.39. The van der Waals surface area contributed by atoms with E-state index in [0.29, 0.717) is 23.2 Å². The highest BCUT2D eigenvalue weighted by Gasteiger charge is 2.34. The first-order valence-electron chi connectivity index (χ1n) is 9.42. The van der Waals surface area contributed by atoms with Gasteiger partial charge in [0.25, 0.3) is 11.5 Å². The van der Waals surface area contributed by atoms with Crippen molar-refractivity contribution in [2.75, 3.05) is 6.26 Å². The summed E-state index contributed by atoms with van der Waals surface area (Å²) in [7, 11) is -3.39. The summed E-state index contributed by atoms with van der Waals surface area (Å²) in [6.07, 6.45) is 3.20. The van der Waals surface area contributed by atoms with E-state index in [-0.39, 0.29) is 16.4 Å². The maximum absolute atomic E-state index is 12.8. The van der Waals surface area contributed by atoms with Gasteiger partial charge in [0.2, 0.25) is 0 Å². The highest BCUT2D eigenvalue weighted by atomic mass is 32.2. The zero-order chi connectivity index (χ0) is 21.5. The number of carbonyl (C=O) groups is 1. The standard InChI is InChI=1S/C22H21N3O4S/c1-30(28,29)19-6-4-5-16-17(19)13-18(23)21(16)24-22(27)14-8-10-15(11-9-14)25-12-3-2-7-20(25)26/h2-12,18,21H,13,23H2,1H3,(H,24,27). The van der Waals surface area contributed by atoms with Gasteiger partial charge < -0.3 is 11.1 Å². The van der Waals surface area contributed by atoms with Crippen molar-refractivity contribution in [2.24, 2.45) is 5.73 Å². The number of amides is 1. The van der Waals surface area contributed by atoms with Gasteiger partial charge in [-0.25, -0.2) is 8.42 Å². The van der Waals surface area contributed by atoms with Crippen LogP contribution in [0, 0.1) is 0 Å². The van der Waals surface area contributed by atoms with Crippen LogP contribution in [0.5, 0.6) is 0 Å². The SMILES string of the molecule is CS(=O)(=O)c1cccc2c1CC(N)C2NC(=O)c1ccc(-n2ccccc2=O)cc1. The molecule has 0 saturated carbocycles. The lowest BCUT2D eigenvalue weighted by Gasteiger charge is -2.19. The molecule has 0 radical (unpaired) electrons. The van der Waals surface area contributed by atoms with Crippen LogP contribution in [0.15, 0.2) is 76.6 Å². The van der Waals surface area contributed by atoms with Crippen LogP contribution < -0.4 is 16.6 Å². The van der Waals surface area contributed by atoms with Crippen LogP contribution in [0.3, 0.4) is 0 Å². The van der Waals surface area contributed by atoms with Gasteiger partial charge in [-0.05, 0) is 53.9 Å². The van der Waals surface area contributed by atoms with Gasteiger partial charge >= 0.3 is 0 Å². The summed E-state index contributed by atoms with van der Waals surface area (Å²) in [5.74, 6) is -0.319. The molecule has 0 saturated heterocycles. The van der Waals surface area contributed by atoms with E-state index >= 15 is 0 Å². The van der Waals surface area contributed by atoms with Crippen molar-refractivity contribution in [2.45, 2.75) is 23.4 Å². The largest absolute Gasteiger partial charge is 0.344 e. The summed E-state index contributed by atoms with van der Waals surface area (Å²) in [6.45, 7) is 0. The van der Waals surface area contributed by atoms with Gasteiger partial charge in [-0.1, -0.05) is 18.2 Å². The minimum Gasteiger partial charge on any atom is -0.344 e. The van der Waals surface area contributed by atoms with Crippen molar-refractivity contribution in [3.63, 3.8) is 0 Å². The maximum Gasteiger partial charge on any atom is 0.255 e. The van der Waals surface area contributed by atoms with Crippen LogP contribution in [0.1, 0.15) is 27.5 Å². The first-order valence-corrected chi connectivity index (χ1v) is 11.3. The van der Waals surface area contributed by atoms with Crippen molar-refractivity contribution >= 4 is 15.7 Å². The lowest BCUT2D eigenvalue weighted by atomic mass is 10.1. The molecular formula is C22H21N3O4S. The third-order valence-electron chi connectivity index (χ3n) is 5.29. The quantitative estimate of drug-likeness (QED) is 0.662. The summed E-state index contributed by atoms with van der Waals surface area (Å²) in [5, 5.41) is 2.92. The highest BCUT2D eigenvalue weighted by Crippen LogP contribution is 2.34. The number of benzene rings is 2. The van der Waals surface area contributed by atoms with Gasteiger partial charge in [0.05, 0.1) is 10.9 Å². The fourth-order valence-corrected chi connectivity index (χ4v) is 4.82. The Bertz CT molecular complexity index is 1280. The molecule has 7 nitrogen and oxygen atoms in total. The Labute approximate surface area is 174 Å². The molecule has 1 amide bonds. The Balaban J connectivity index is 1.58. The number of nitrogens with zero attached hydrogens (tertiary/aromatic N) is 1. The second-order valence-corrected chi connectivity index (χ2v) is 9.36. The molecule has 2 unspecified atom stereocenters. The Hall–Kier alpha value is -3.23. The summed E-state index contributed by atoms with van der Waals surface area (Å²) in [4.78, 5) is 25.0. The van der Waals surface area contributed by atoms with Crippen LogP contribution in [0.25, 0.3) is 5.69 Å². The smallest absolute Gasteiger partial charge is 0.255 e. The van der Waals surface area contributed by atoms with E-state index in [0.717, 1.165) is 5.56 Å². The van der Waals surface area contributed by atoms with Crippen LogP contribution in [0.4, 0.5) is 0 Å². The lowest BCUT2D eigenvalue weighted by molar-refractivity contribution is 0.0933. The first-order chi connectivity index (χ1) is 14.3. The summed E-state index contributed by atoms with van der Waals surface area (Å²) >= 11 is 0. The van der Waals surface area contributed by atoms with E-state index in [1.807, 2.05) is 0 Å². The number of nitrogens with one attached hydrogen (secondary N) is 1. The van der Waals surface area contributed by atoms with E-state index in [9.17, 15) is 18.0 Å².